The first-order valence-electron chi connectivity index (χ1n) is 6.12. The summed E-state index contributed by atoms with van der Waals surface area (Å²) in [6.45, 7) is 2.06. The molecule has 4 nitrogen and oxygen atoms in total. The predicted octanol–water partition coefficient (Wildman–Crippen LogP) is 3.32. The first-order valence-corrected chi connectivity index (χ1v) is 6.12. The molecule has 3 rings (SSSR count). The SMILES string of the molecule is Cc1ccccc1/C=N\Nc1nc2ccccc2[nH]1. The molecule has 3 aromatic rings. The number of nitrogens with one attached hydrogen (secondary N) is 2. The van der Waals surface area contributed by atoms with Gasteiger partial charge in [0.05, 0.1) is 17.2 Å². The first-order chi connectivity index (χ1) is 9.33. The number of aromatic nitrogens is 2. The lowest BCUT2D eigenvalue weighted by Crippen LogP contribution is -1.93. The minimum atomic E-state index is 0.644. The average molecular weight is 250 g/mol. The molecule has 0 radical (unpaired) electrons. The van der Waals surface area contributed by atoms with Crippen molar-refractivity contribution in [3.63, 3.8) is 0 Å². The monoisotopic (exact) mass is 250 g/mol. The molecule has 0 unspecified atom stereocenters. The van der Waals surface area contributed by atoms with Crippen LogP contribution in [0.4, 0.5) is 5.95 Å². The summed E-state index contributed by atoms with van der Waals surface area (Å²) in [5.41, 5.74) is 7.12. The number of para-hydroxylation sites is 2. The molecule has 0 aliphatic heterocycles. The molecule has 0 saturated carbocycles. The van der Waals surface area contributed by atoms with Crippen molar-refractivity contribution in [2.24, 2.45) is 5.10 Å². The average Bonchev–Trinajstić information content (AvgIpc) is 2.83. The Hall–Kier alpha value is -2.62. The fraction of sp³-hybridized carbons (Fsp3) is 0.0667. The van der Waals surface area contributed by atoms with Crippen molar-refractivity contribution >= 4 is 23.2 Å². The second kappa shape index (κ2) is 4.94. The van der Waals surface area contributed by atoms with Crippen LogP contribution in [0.25, 0.3) is 11.0 Å². The molecule has 0 bridgehead atoms. The molecule has 0 fully saturated rings. The highest BCUT2D eigenvalue weighted by molar-refractivity contribution is 5.82. The summed E-state index contributed by atoms with van der Waals surface area (Å²) < 4.78 is 0. The molecule has 1 aromatic heterocycles. The number of imidazole rings is 1. The van der Waals surface area contributed by atoms with Gasteiger partial charge >= 0.3 is 0 Å². The molecular weight excluding hydrogens is 236 g/mol. The van der Waals surface area contributed by atoms with Crippen LogP contribution in [0.15, 0.2) is 53.6 Å². The molecule has 4 heteroatoms. The van der Waals surface area contributed by atoms with E-state index in [0.717, 1.165) is 16.6 Å². The van der Waals surface area contributed by atoms with Crippen LogP contribution in [0, 0.1) is 6.92 Å². The van der Waals surface area contributed by atoms with Gasteiger partial charge in [-0.15, -0.1) is 0 Å². The maximum atomic E-state index is 4.39. The van der Waals surface area contributed by atoms with Crippen LogP contribution in [-0.4, -0.2) is 16.2 Å². The Bertz CT molecular complexity index is 695. The molecule has 0 saturated heterocycles. The number of nitrogens with zero attached hydrogens (tertiary/aromatic N) is 2. The molecule has 0 aliphatic rings. The van der Waals surface area contributed by atoms with E-state index >= 15 is 0 Å². The van der Waals surface area contributed by atoms with Crippen LogP contribution < -0.4 is 5.43 Å². The number of fused-ring (bicyclic) bond motifs is 1. The third-order valence-electron chi connectivity index (χ3n) is 2.95. The molecule has 94 valence electrons. The number of anilines is 1. The van der Waals surface area contributed by atoms with E-state index < -0.39 is 0 Å². The molecule has 1 heterocycles. The summed E-state index contributed by atoms with van der Waals surface area (Å²) in [7, 11) is 0. The highest BCUT2D eigenvalue weighted by Crippen LogP contribution is 2.13. The summed E-state index contributed by atoms with van der Waals surface area (Å²) in [5, 5.41) is 4.20. The van der Waals surface area contributed by atoms with Gasteiger partial charge in [-0.25, -0.2) is 10.4 Å². The van der Waals surface area contributed by atoms with Gasteiger partial charge in [-0.3, -0.25) is 0 Å². The molecular formula is C15H14N4. The lowest BCUT2D eigenvalue weighted by molar-refractivity contribution is 1.21. The smallest absolute Gasteiger partial charge is 0.222 e. The normalized spacial score (nSPS) is 11.2. The van der Waals surface area contributed by atoms with Crippen molar-refractivity contribution in [3.05, 3.63) is 59.7 Å². The lowest BCUT2D eigenvalue weighted by Gasteiger charge is -1.98. The van der Waals surface area contributed by atoms with Crippen LogP contribution in [0.5, 0.6) is 0 Å². The third kappa shape index (κ3) is 2.47. The Morgan fingerprint density at radius 2 is 1.89 bits per heavy atom. The van der Waals surface area contributed by atoms with Crippen molar-refractivity contribution < 1.29 is 0 Å². The Morgan fingerprint density at radius 1 is 1.11 bits per heavy atom. The number of H-pyrrole nitrogens is 1. The zero-order chi connectivity index (χ0) is 13.1. The highest BCUT2D eigenvalue weighted by atomic mass is 15.3. The number of aromatic amines is 1. The minimum absolute atomic E-state index is 0.644. The standard InChI is InChI=1S/C15H14N4/c1-11-6-2-3-7-12(11)10-16-19-15-17-13-8-4-5-9-14(13)18-15/h2-10H,1H3,(H2,17,18,19)/b16-10-. The van der Waals surface area contributed by atoms with Crippen LogP contribution in [0.2, 0.25) is 0 Å². The van der Waals surface area contributed by atoms with Gasteiger partial charge in [0, 0.05) is 0 Å². The number of aryl methyl sites for hydroxylation is 1. The van der Waals surface area contributed by atoms with Gasteiger partial charge in [0.15, 0.2) is 0 Å². The summed E-state index contributed by atoms with van der Waals surface area (Å²) in [5.74, 6) is 0.644. The van der Waals surface area contributed by atoms with E-state index in [1.54, 1.807) is 6.21 Å². The lowest BCUT2D eigenvalue weighted by atomic mass is 10.1. The fourth-order valence-electron chi connectivity index (χ4n) is 1.90. The molecule has 0 aliphatic carbocycles. The molecule has 0 spiro atoms. The number of benzene rings is 2. The van der Waals surface area contributed by atoms with E-state index in [2.05, 4.69) is 33.5 Å². The van der Waals surface area contributed by atoms with Gasteiger partial charge in [-0.2, -0.15) is 5.10 Å². The summed E-state index contributed by atoms with van der Waals surface area (Å²) in [4.78, 5) is 7.55. The number of hydrogen-bond acceptors (Lipinski definition) is 3. The van der Waals surface area contributed by atoms with Crippen molar-refractivity contribution in [2.75, 3.05) is 5.43 Å². The minimum Gasteiger partial charge on any atom is -0.323 e. The van der Waals surface area contributed by atoms with Gasteiger partial charge in [-0.1, -0.05) is 36.4 Å². The topological polar surface area (TPSA) is 53.1 Å². The molecule has 19 heavy (non-hydrogen) atoms. The van der Waals surface area contributed by atoms with E-state index in [1.807, 2.05) is 42.5 Å². The Balaban J connectivity index is 1.77. The van der Waals surface area contributed by atoms with Gasteiger partial charge in [0.25, 0.3) is 0 Å². The second-order valence-electron chi connectivity index (χ2n) is 4.33. The summed E-state index contributed by atoms with van der Waals surface area (Å²) in [6.07, 6.45) is 1.79. The van der Waals surface area contributed by atoms with E-state index in [1.165, 1.54) is 5.56 Å². The largest absolute Gasteiger partial charge is 0.323 e. The zero-order valence-electron chi connectivity index (χ0n) is 10.6. The third-order valence-corrected chi connectivity index (χ3v) is 2.95. The number of hydrazone groups is 1. The number of rotatable bonds is 3. The molecule has 2 aromatic carbocycles. The van der Waals surface area contributed by atoms with Crippen LogP contribution in [0.3, 0.4) is 0 Å². The van der Waals surface area contributed by atoms with Gasteiger partial charge < -0.3 is 4.98 Å². The fourth-order valence-corrected chi connectivity index (χ4v) is 1.90. The predicted molar refractivity (Wildman–Crippen MR) is 78.5 cm³/mol. The van der Waals surface area contributed by atoms with Crippen molar-refractivity contribution in [2.45, 2.75) is 6.92 Å². The van der Waals surface area contributed by atoms with E-state index in [4.69, 9.17) is 0 Å². The second-order valence-corrected chi connectivity index (χ2v) is 4.33. The van der Waals surface area contributed by atoms with Crippen LogP contribution in [0.1, 0.15) is 11.1 Å². The van der Waals surface area contributed by atoms with Crippen LogP contribution >= 0.6 is 0 Å². The first kappa shape index (κ1) is 11.5. The van der Waals surface area contributed by atoms with Crippen molar-refractivity contribution in [3.8, 4) is 0 Å². The highest BCUT2D eigenvalue weighted by Gasteiger charge is 1.99. The van der Waals surface area contributed by atoms with Gasteiger partial charge in [0.2, 0.25) is 5.95 Å². The maximum absolute atomic E-state index is 4.39. The van der Waals surface area contributed by atoms with E-state index in [0.29, 0.717) is 5.95 Å². The zero-order valence-corrected chi connectivity index (χ0v) is 10.6. The van der Waals surface area contributed by atoms with Crippen molar-refractivity contribution in [1.29, 1.82) is 0 Å². The van der Waals surface area contributed by atoms with Gasteiger partial charge in [0.1, 0.15) is 0 Å². The summed E-state index contributed by atoms with van der Waals surface area (Å²) >= 11 is 0. The van der Waals surface area contributed by atoms with E-state index in [-0.39, 0.29) is 0 Å². The number of hydrogen-bond donors (Lipinski definition) is 2. The van der Waals surface area contributed by atoms with E-state index in [9.17, 15) is 0 Å². The summed E-state index contributed by atoms with van der Waals surface area (Å²) in [6, 6.07) is 16.0. The van der Waals surface area contributed by atoms with Crippen LogP contribution in [-0.2, 0) is 0 Å². The quantitative estimate of drug-likeness (QED) is 0.553. The Kier molecular flexibility index (Phi) is 2.98. The maximum Gasteiger partial charge on any atom is 0.222 e. The van der Waals surface area contributed by atoms with Crippen molar-refractivity contribution in [1.82, 2.24) is 9.97 Å². The molecule has 0 atom stereocenters. The Labute approximate surface area is 111 Å². The molecule has 2 N–H and O–H groups in total. The Morgan fingerprint density at radius 3 is 2.74 bits per heavy atom. The van der Waals surface area contributed by atoms with Gasteiger partial charge in [-0.05, 0) is 30.2 Å². The molecule has 0 amide bonds.